The molecule has 2 aliphatic rings. The Morgan fingerprint density at radius 3 is 2.23 bits per heavy atom. The Kier molecular flexibility index (Phi) is 5.44. The number of hydrogen-bond acceptors (Lipinski definition) is 2. The van der Waals surface area contributed by atoms with Crippen molar-refractivity contribution in [3.63, 3.8) is 0 Å². The van der Waals surface area contributed by atoms with E-state index in [9.17, 15) is 0 Å². The third-order valence-electron chi connectivity index (χ3n) is 6.02. The maximum Gasteiger partial charge on any atom is 0.124 e. The number of halogens is 1. The lowest BCUT2D eigenvalue weighted by molar-refractivity contribution is 0.304. The molecule has 2 N–H and O–H groups in total. The van der Waals surface area contributed by atoms with Gasteiger partial charge in [-0.3, -0.25) is 0 Å². The summed E-state index contributed by atoms with van der Waals surface area (Å²) in [4.78, 5) is 0. The van der Waals surface area contributed by atoms with Crippen LogP contribution >= 0.6 is 22.6 Å². The standard InChI is InChI=1S/C23H28INO/c1-15-22(13-12-21(23(15)25)19-6-7-19)26-14-16-2-4-17(5-3-16)18-8-10-20(24)11-9-18/h2-5,12-13,18-20H,6-11,14,25H2,1H3. The molecule has 3 heteroatoms. The van der Waals surface area contributed by atoms with Crippen LogP contribution in [0.15, 0.2) is 36.4 Å². The van der Waals surface area contributed by atoms with Gasteiger partial charge in [0.05, 0.1) is 0 Å². The number of benzene rings is 2. The molecule has 26 heavy (non-hydrogen) atoms. The van der Waals surface area contributed by atoms with E-state index in [0.29, 0.717) is 12.5 Å². The number of ether oxygens (including phenoxy) is 1. The molecule has 2 fully saturated rings. The van der Waals surface area contributed by atoms with Crippen LogP contribution in [0.25, 0.3) is 0 Å². The van der Waals surface area contributed by atoms with Crippen molar-refractivity contribution in [2.45, 2.75) is 67.8 Å². The van der Waals surface area contributed by atoms with Crippen molar-refractivity contribution >= 4 is 28.3 Å². The minimum absolute atomic E-state index is 0.601. The van der Waals surface area contributed by atoms with Crippen LogP contribution in [-0.4, -0.2) is 3.92 Å². The van der Waals surface area contributed by atoms with Crippen molar-refractivity contribution in [3.05, 3.63) is 58.7 Å². The summed E-state index contributed by atoms with van der Waals surface area (Å²) in [6.45, 7) is 2.67. The van der Waals surface area contributed by atoms with Gasteiger partial charge in [0.15, 0.2) is 0 Å². The molecule has 2 saturated carbocycles. The Balaban J connectivity index is 1.38. The molecule has 2 aliphatic carbocycles. The summed E-state index contributed by atoms with van der Waals surface area (Å²) in [6.07, 6.45) is 7.91. The van der Waals surface area contributed by atoms with E-state index in [1.165, 1.54) is 55.2 Å². The van der Waals surface area contributed by atoms with Crippen molar-refractivity contribution in [3.8, 4) is 5.75 Å². The average Bonchev–Trinajstić information content (AvgIpc) is 3.49. The van der Waals surface area contributed by atoms with Crippen LogP contribution in [0.3, 0.4) is 0 Å². The Labute approximate surface area is 170 Å². The molecular formula is C23H28INO. The fraction of sp³-hybridized carbons (Fsp3) is 0.478. The summed E-state index contributed by atoms with van der Waals surface area (Å²) in [5.41, 5.74) is 12.4. The van der Waals surface area contributed by atoms with Crippen LogP contribution in [0.2, 0.25) is 0 Å². The molecule has 0 spiro atoms. The van der Waals surface area contributed by atoms with Crippen molar-refractivity contribution in [1.29, 1.82) is 0 Å². The van der Waals surface area contributed by atoms with E-state index in [0.717, 1.165) is 26.8 Å². The molecule has 0 unspecified atom stereocenters. The highest BCUT2D eigenvalue weighted by molar-refractivity contribution is 14.1. The molecule has 0 atom stereocenters. The van der Waals surface area contributed by atoms with Gasteiger partial charge in [-0.2, -0.15) is 0 Å². The van der Waals surface area contributed by atoms with E-state index in [4.69, 9.17) is 10.5 Å². The first kappa shape index (κ1) is 18.1. The first-order valence-corrected chi connectivity index (χ1v) is 11.1. The quantitative estimate of drug-likeness (QED) is 0.314. The third kappa shape index (κ3) is 4.03. The zero-order chi connectivity index (χ0) is 18.1. The molecule has 2 nitrogen and oxygen atoms in total. The van der Waals surface area contributed by atoms with Crippen LogP contribution in [0.1, 0.15) is 72.6 Å². The van der Waals surface area contributed by atoms with Gasteiger partial charge in [-0.05, 0) is 80.0 Å². The fourth-order valence-electron chi connectivity index (χ4n) is 4.07. The second-order valence-electron chi connectivity index (χ2n) is 7.95. The minimum Gasteiger partial charge on any atom is -0.489 e. The van der Waals surface area contributed by atoms with E-state index in [2.05, 4.69) is 65.9 Å². The first-order valence-electron chi connectivity index (χ1n) is 9.86. The number of alkyl halides is 1. The predicted octanol–water partition coefficient (Wildman–Crippen LogP) is 6.49. The monoisotopic (exact) mass is 461 g/mol. The summed E-state index contributed by atoms with van der Waals surface area (Å²) in [5.74, 6) is 2.34. The summed E-state index contributed by atoms with van der Waals surface area (Å²) in [5, 5.41) is 0. The zero-order valence-corrected chi connectivity index (χ0v) is 17.7. The largest absolute Gasteiger partial charge is 0.489 e. The highest BCUT2D eigenvalue weighted by atomic mass is 127. The summed E-state index contributed by atoms with van der Waals surface area (Å²) < 4.78 is 6.95. The normalized spacial score (nSPS) is 23.0. The van der Waals surface area contributed by atoms with Crippen molar-refractivity contribution in [2.24, 2.45) is 0 Å². The molecule has 4 rings (SSSR count). The summed E-state index contributed by atoms with van der Waals surface area (Å²) in [6, 6.07) is 13.3. The number of rotatable bonds is 5. The number of nitrogens with two attached hydrogens (primary N) is 1. The Morgan fingerprint density at radius 1 is 0.923 bits per heavy atom. The summed E-state index contributed by atoms with van der Waals surface area (Å²) in [7, 11) is 0. The second-order valence-corrected chi connectivity index (χ2v) is 9.71. The zero-order valence-electron chi connectivity index (χ0n) is 15.5. The van der Waals surface area contributed by atoms with Crippen LogP contribution in [-0.2, 0) is 6.61 Å². The fourth-order valence-corrected chi connectivity index (χ4v) is 4.79. The van der Waals surface area contributed by atoms with Gasteiger partial charge in [0.1, 0.15) is 12.4 Å². The Morgan fingerprint density at radius 2 is 1.58 bits per heavy atom. The first-order chi connectivity index (χ1) is 12.6. The highest BCUT2D eigenvalue weighted by Gasteiger charge is 2.26. The van der Waals surface area contributed by atoms with Gasteiger partial charge in [0.2, 0.25) is 0 Å². The minimum atomic E-state index is 0.601. The lowest BCUT2D eigenvalue weighted by atomic mass is 9.84. The molecule has 0 radical (unpaired) electrons. The van der Waals surface area contributed by atoms with Crippen LogP contribution in [0.4, 0.5) is 5.69 Å². The maximum atomic E-state index is 6.32. The molecule has 0 heterocycles. The van der Waals surface area contributed by atoms with Gasteiger partial charge >= 0.3 is 0 Å². The predicted molar refractivity (Wildman–Crippen MR) is 117 cm³/mol. The smallest absolute Gasteiger partial charge is 0.124 e. The second kappa shape index (κ2) is 7.79. The molecule has 0 aliphatic heterocycles. The number of hydrogen-bond donors (Lipinski definition) is 1. The van der Waals surface area contributed by atoms with Crippen LogP contribution < -0.4 is 10.5 Å². The molecule has 138 valence electrons. The van der Waals surface area contributed by atoms with Crippen LogP contribution in [0.5, 0.6) is 5.75 Å². The van der Waals surface area contributed by atoms with Gasteiger partial charge < -0.3 is 10.5 Å². The molecule has 0 bridgehead atoms. The Hall–Kier alpha value is -1.23. The third-order valence-corrected chi connectivity index (χ3v) is 7.26. The number of anilines is 1. The lowest BCUT2D eigenvalue weighted by Crippen LogP contribution is -2.12. The molecular weight excluding hydrogens is 433 g/mol. The van der Waals surface area contributed by atoms with Gasteiger partial charge in [-0.25, -0.2) is 0 Å². The SMILES string of the molecule is Cc1c(OCc2ccc(C3CCC(I)CC3)cc2)ccc(C2CC2)c1N. The summed E-state index contributed by atoms with van der Waals surface area (Å²) >= 11 is 2.60. The molecule has 2 aromatic carbocycles. The van der Waals surface area contributed by atoms with Gasteiger partial charge in [0, 0.05) is 15.2 Å². The topological polar surface area (TPSA) is 35.2 Å². The molecule has 2 aromatic rings. The van der Waals surface area contributed by atoms with Crippen molar-refractivity contribution in [1.82, 2.24) is 0 Å². The molecule has 0 saturated heterocycles. The lowest BCUT2D eigenvalue weighted by Gasteiger charge is -2.25. The van der Waals surface area contributed by atoms with Gasteiger partial charge in [0.25, 0.3) is 0 Å². The number of nitrogen functional groups attached to an aromatic ring is 1. The van der Waals surface area contributed by atoms with Crippen molar-refractivity contribution in [2.75, 3.05) is 5.73 Å². The Bertz CT molecular complexity index is 759. The van der Waals surface area contributed by atoms with Crippen LogP contribution in [0, 0.1) is 6.92 Å². The average molecular weight is 461 g/mol. The highest BCUT2D eigenvalue weighted by Crippen LogP contribution is 2.45. The van der Waals surface area contributed by atoms with Gasteiger partial charge in [-0.15, -0.1) is 0 Å². The van der Waals surface area contributed by atoms with E-state index < -0.39 is 0 Å². The van der Waals surface area contributed by atoms with Gasteiger partial charge in [-0.1, -0.05) is 52.9 Å². The van der Waals surface area contributed by atoms with E-state index in [1.807, 2.05) is 0 Å². The van der Waals surface area contributed by atoms with E-state index >= 15 is 0 Å². The van der Waals surface area contributed by atoms with E-state index in [-0.39, 0.29) is 0 Å². The molecule has 0 aromatic heterocycles. The van der Waals surface area contributed by atoms with E-state index in [1.54, 1.807) is 0 Å². The van der Waals surface area contributed by atoms with Crippen molar-refractivity contribution < 1.29 is 4.74 Å². The molecule has 0 amide bonds. The maximum absolute atomic E-state index is 6.32.